The van der Waals surface area contributed by atoms with E-state index in [1.165, 1.54) is 34.4 Å². The van der Waals surface area contributed by atoms with E-state index in [0.29, 0.717) is 35.8 Å². The second-order valence-electron chi connectivity index (χ2n) is 11.0. The van der Waals surface area contributed by atoms with Gasteiger partial charge < -0.3 is 29.5 Å². The molecule has 48 heavy (non-hydrogen) atoms. The van der Waals surface area contributed by atoms with E-state index in [1.54, 1.807) is 0 Å². The highest BCUT2D eigenvalue weighted by atomic mass is 32.7. The zero-order valence-electron chi connectivity index (χ0n) is 24.3. The largest absolute Gasteiger partial charge is 0.386 e. The molecule has 0 aromatic carbocycles. The molecule has 5 aliphatic heterocycles. The monoisotopic (exact) mass is 746 g/mol. The number of aromatic nitrogens is 8. The van der Waals surface area contributed by atoms with Crippen LogP contribution < -0.4 is 10.6 Å². The third-order valence-corrected chi connectivity index (χ3v) is 11.2. The summed E-state index contributed by atoms with van der Waals surface area (Å²) in [6, 6.07) is 0. The fraction of sp³-hybridized carbons (Fsp3) is 0.500. The number of alkyl halides is 2. The molecule has 0 aliphatic carbocycles. The molecule has 0 amide bonds. The zero-order valence-corrected chi connectivity index (χ0v) is 27.8. The molecule has 14 bridgehead atoms. The molecule has 256 valence electrons. The molecule has 4 aromatic rings. The molecule has 0 radical (unpaired) electrons. The summed E-state index contributed by atoms with van der Waals surface area (Å²) in [7, 11) is 0. The Morgan fingerprint density at radius 1 is 0.812 bits per heavy atom. The Kier molecular flexibility index (Phi) is 8.48. The summed E-state index contributed by atoms with van der Waals surface area (Å²) in [5.74, 6) is 0.753. The van der Waals surface area contributed by atoms with Crippen molar-refractivity contribution in [1.29, 1.82) is 0 Å². The van der Waals surface area contributed by atoms with Crippen molar-refractivity contribution in [2.45, 2.75) is 49.2 Å². The van der Waals surface area contributed by atoms with Crippen molar-refractivity contribution in [3.05, 3.63) is 37.5 Å². The summed E-state index contributed by atoms with van der Waals surface area (Å²) in [6.45, 7) is -9.13. The highest BCUT2D eigenvalue weighted by molar-refractivity contribution is 8.44. The molecule has 3 N–H and O–H groups in total. The van der Waals surface area contributed by atoms with E-state index in [-0.39, 0.29) is 11.3 Å². The number of rotatable bonds is 0. The second kappa shape index (κ2) is 12.5. The van der Waals surface area contributed by atoms with Crippen LogP contribution >= 0.6 is 25.8 Å². The summed E-state index contributed by atoms with van der Waals surface area (Å²) in [6.07, 6.45) is -3.72. The van der Waals surface area contributed by atoms with Gasteiger partial charge >= 0.3 is 13.5 Å². The predicted octanol–water partition coefficient (Wildman–Crippen LogP) is 2.60. The van der Waals surface area contributed by atoms with E-state index in [4.69, 9.17) is 39.4 Å². The number of imidazole rings is 2. The molecule has 24 heteroatoms. The maximum Gasteiger partial charge on any atom is 0.386 e. The molecule has 3 unspecified atom stereocenters. The number of nitrogens with zero attached hydrogens (tertiary/aromatic N) is 8. The van der Waals surface area contributed by atoms with E-state index >= 15 is 8.78 Å². The number of fused-ring (bicyclic) bond motifs is 10. The molecule has 10 atom stereocenters. The van der Waals surface area contributed by atoms with Gasteiger partial charge in [-0.3, -0.25) is 22.7 Å². The van der Waals surface area contributed by atoms with Crippen LogP contribution in [-0.2, 0) is 43.9 Å². The highest BCUT2D eigenvalue weighted by Crippen LogP contribution is 2.58. The summed E-state index contributed by atoms with van der Waals surface area (Å²) in [4.78, 5) is 36.8. The van der Waals surface area contributed by atoms with Crippen LogP contribution in [0.2, 0.25) is 0 Å². The summed E-state index contributed by atoms with van der Waals surface area (Å²) in [5, 5.41) is 6.30. The predicted molar refractivity (Wildman–Crippen MR) is 169 cm³/mol. The Hall–Kier alpha value is -2.75. The third-order valence-electron chi connectivity index (χ3n) is 8.05. The molecule has 0 spiro atoms. The van der Waals surface area contributed by atoms with Crippen molar-refractivity contribution in [1.82, 2.24) is 39.0 Å². The highest BCUT2D eigenvalue weighted by Gasteiger charge is 2.54. The van der Waals surface area contributed by atoms with Gasteiger partial charge in [0.1, 0.15) is 37.1 Å². The van der Waals surface area contributed by atoms with E-state index in [0.717, 1.165) is 0 Å². The molecule has 5 aliphatic rings. The van der Waals surface area contributed by atoms with Crippen molar-refractivity contribution in [3.8, 4) is 0 Å². The average Bonchev–Trinajstić information content (AvgIpc) is 3.81. The smallest absolute Gasteiger partial charge is 0.365 e. The number of halogens is 2. The fourth-order valence-electron chi connectivity index (χ4n) is 5.87. The Morgan fingerprint density at radius 2 is 1.31 bits per heavy atom. The molecular formula is C24H26F2N10O8P2S2. The van der Waals surface area contributed by atoms with E-state index < -0.39 is 75.9 Å². The van der Waals surface area contributed by atoms with Gasteiger partial charge in [0, 0.05) is 13.1 Å². The van der Waals surface area contributed by atoms with Gasteiger partial charge in [0.15, 0.2) is 58.8 Å². The van der Waals surface area contributed by atoms with Crippen molar-refractivity contribution < 1.29 is 45.8 Å². The molecule has 3 saturated heterocycles. The Morgan fingerprint density at radius 3 is 1.85 bits per heavy atom. The van der Waals surface area contributed by atoms with Crippen LogP contribution in [0.15, 0.2) is 37.5 Å². The van der Waals surface area contributed by atoms with E-state index in [9.17, 15) is 9.46 Å². The first-order valence-corrected chi connectivity index (χ1v) is 19.8. The normalized spacial score (nSPS) is 38.0. The van der Waals surface area contributed by atoms with Crippen LogP contribution in [-0.4, -0.2) is 107 Å². The van der Waals surface area contributed by atoms with Gasteiger partial charge in [0.2, 0.25) is 0 Å². The minimum Gasteiger partial charge on any atom is -0.365 e. The Bertz CT molecular complexity index is 1860. The minimum atomic E-state index is -4.38. The van der Waals surface area contributed by atoms with Gasteiger partial charge in [-0.2, -0.15) is 0 Å². The lowest BCUT2D eigenvalue weighted by atomic mass is 10.1. The number of nitrogens with one attached hydrogen (secondary N) is 2. The van der Waals surface area contributed by atoms with Crippen molar-refractivity contribution in [2.24, 2.45) is 0 Å². The van der Waals surface area contributed by atoms with Crippen LogP contribution in [0.1, 0.15) is 12.5 Å². The molecule has 18 nitrogen and oxygen atoms in total. The number of hydrogen-bond donors (Lipinski definition) is 4. The quantitative estimate of drug-likeness (QED) is 0.116. The maximum absolute atomic E-state index is 16.2. The average molecular weight is 747 g/mol. The first-order valence-electron chi connectivity index (χ1n) is 14.5. The number of hydrogen-bond acceptors (Lipinski definition) is 16. The first kappa shape index (κ1) is 32.5. The first-order chi connectivity index (χ1) is 23.1. The zero-order chi connectivity index (χ0) is 33.2. The van der Waals surface area contributed by atoms with Crippen LogP contribution in [0.3, 0.4) is 0 Å². The van der Waals surface area contributed by atoms with E-state index in [1.807, 2.05) is 12.2 Å². The standard InChI is InChI=1S/C24H26F2N10O8P2S2/c25-13-17-11-5-39-46(38,48)44-18-12(6-40-45(37,47)43-17)42-24(14(18)26)36-10-34-16-20(30-8-32-22(16)36)28-4-2-1-3-27-19-15-21(31-7-29-19)35(9-33-15)23(13)41-11/h1-2,7-14,17-18,23-24H,3-6H2,(H,37,47)(H,38,48)(H,27,29,31)(H,28,30,32)/b2-1-/t11-,12-,13-,14-,17-,18-,23-,24?,45?,46?/m1/s1. The van der Waals surface area contributed by atoms with Crippen molar-refractivity contribution in [2.75, 3.05) is 36.9 Å². The van der Waals surface area contributed by atoms with Crippen LogP contribution in [0.4, 0.5) is 20.4 Å². The molecule has 3 fully saturated rings. The van der Waals surface area contributed by atoms with Gasteiger partial charge in [-0.25, -0.2) is 43.2 Å². The lowest BCUT2D eigenvalue weighted by Crippen LogP contribution is -2.37. The summed E-state index contributed by atoms with van der Waals surface area (Å²) < 4.78 is 82.8. The van der Waals surface area contributed by atoms with Gasteiger partial charge in [0.25, 0.3) is 0 Å². The van der Waals surface area contributed by atoms with Crippen LogP contribution in [0, 0.1) is 0 Å². The van der Waals surface area contributed by atoms with Gasteiger partial charge in [-0.05, 0) is 11.8 Å². The maximum atomic E-state index is 16.2. The summed E-state index contributed by atoms with van der Waals surface area (Å²) >= 11 is 9.28. The van der Waals surface area contributed by atoms with Gasteiger partial charge in [-0.1, -0.05) is 24.4 Å². The lowest BCUT2D eigenvalue weighted by molar-refractivity contribution is -0.0564. The van der Waals surface area contributed by atoms with Gasteiger partial charge in [-0.15, -0.1) is 0 Å². The molecule has 9 heterocycles. The summed E-state index contributed by atoms with van der Waals surface area (Å²) in [5.41, 5.74) is 1.09. The SMILES string of the molecule is O=P1(S)OC[C@H]2OC3[C@H](F)[C@@H]2OP(O)(=S)OC[C@H]2O[C@H]([C@H](F)[C@@H]2O1)n1cnc2c(ncnc21)NC/C=C\CNc1ncnc2c1ncn23. The van der Waals surface area contributed by atoms with Crippen LogP contribution in [0.5, 0.6) is 0 Å². The fourth-order valence-corrected chi connectivity index (χ4v) is 8.79. The number of anilines is 2. The Balaban J connectivity index is 1.21. The Labute approximate surface area is 279 Å². The van der Waals surface area contributed by atoms with E-state index in [2.05, 4.69) is 52.8 Å². The van der Waals surface area contributed by atoms with Crippen molar-refractivity contribution >= 4 is 71.5 Å². The number of ether oxygens (including phenoxy) is 2. The number of thiol groups is 1. The van der Waals surface area contributed by atoms with Crippen molar-refractivity contribution in [3.63, 3.8) is 0 Å². The molecular weight excluding hydrogens is 720 g/mol. The van der Waals surface area contributed by atoms with Crippen LogP contribution in [0.25, 0.3) is 22.3 Å². The second-order valence-corrected chi connectivity index (χ2v) is 16.7. The third kappa shape index (κ3) is 5.91. The topological polar surface area (TPSA) is 204 Å². The lowest BCUT2D eigenvalue weighted by Gasteiger charge is -2.29. The minimum absolute atomic E-state index is 0.222. The molecule has 4 aromatic heterocycles. The molecule has 9 rings (SSSR count). The van der Waals surface area contributed by atoms with Gasteiger partial charge in [0.05, 0.1) is 25.9 Å². The molecule has 0 saturated carbocycles.